The van der Waals surface area contributed by atoms with Gasteiger partial charge in [-0.1, -0.05) is 32.1 Å². The van der Waals surface area contributed by atoms with Crippen LogP contribution in [0.3, 0.4) is 0 Å². The van der Waals surface area contributed by atoms with E-state index in [9.17, 15) is 4.79 Å². The molecule has 0 atom stereocenters. The normalized spacial score (nSPS) is 10.9. The number of hydrogen-bond donors (Lipinski definition) is 2. The standard InChI is InChI=1S/C11H20N4OS.ClH/c1-11(2,3)10-15-14-9(17-10)7-13-8(16)5-6-12-4;/h12H,5-7H2,1-4H3,(H,13,16);1H. The number of aromatic nitrogens is 2. The summed E-state index contributed by atoms with van der Waals surface area (Å²) in [6.45, 7) is 7.46. The molecule has 1 rings (SSSR count). The molecule has 2 N–H and O–H groups in total. The fraction of sp³-hybridized carbons (Fsp3) is 0.727. The van der Waals surface area contributed by atoms with Gasteiger partial charge in [-0.3, -0.25) is 4.79 Å². The van der Waals surface area contributed by atoms with E-state index in [2.05, 4.69) is 41.6 Å². The molecule has 0 aliphatic heterocycles. The van der Waals surface area contributed by atoms with Crippen LogP contribution in [0.5, 0.6) is 0 Å². The molecule has 18 heavy (non-hydrogen) atoms. The lowest BCUT2D eigenvalue weighted by atomic mass is 9.98. The van der Waals surface area contributed by atoms with Gasteiger partial charge in [0, 0.05) is 18.4 Å². The Morgan fingerprint density at radius 3 is 2.50 bits per heavy atom. The van der Waals surface area contributed by atoms with Gasteiger partial charge in [-0.25, -0.2) is 0 Å². The summed E-state index contributed by atoms with van der Waals surface area (Å²) in [5.74, 6) is 0.0341. The molecule has 0 spiro atoms. The molecule has 0 bridgehead atoms. The first-order chi connectivity index (χ1) is 7.93. The molecule has 5 nitrogen and oxygen atoms in total. The first-order valence-corrected chi connectivity index (χ1v) is 6.49. The molecule has 104 valence electrons. The Morgan fingerprint density at radius 2 is 2.00 bits per heavy atom. The molecule has 0 unspecified atom stereocenters. The van der Waals surface area contributed by atoms with Crippen LogP contribution in [-0.2, 0) is 16.8 Å². The maximum atomic E-state index is 11.4. The number of amides is 1. The van der Waals surface area contributed by atoms with Crippen LogP contribution in [0.1, 0.15) is 37.2 Å². The highest BCUT2D eigenvalue weighted by atomic mass is 35.5. The summed E-state index contributed by atoms with van der Waals surface area (Å²) in [6, 6.07) is 0. The maximum absolute atomic E-state index is 11.4. The highest BCUT2D eigenvalue weighted by molar-refractivity contribution is 7.11. The lowest BCUT2D eigenvalue weighted by Crippen LogP contribution is -2.26. The zero-order chi connectivity index (χ0) is 12.9. The second-order valence-electron chi connectivity index (χ2n) is 4.88. The summed E-state index contributed by atoms with van der Waals surface area (Å²) in [5.41, 5.74) is 0.0199. The van der Waals surface area contributed by atoms with Crippen molar-refractivity contribution in [3.8, 4) is 0 Å². The molecule has 7 heteroatoms. The molecule has 0 saturated carbocycles. The van der Waals surface area contributed by atoms with Crippen LogP contribution < -0.4 is 10.6 Å². The van der Waals surface area contributed by atoms with Crippen molar-refractivity contribution in [3.05, 3.63) is 10.0 Å². The van der Waals surface area contributed by atoms with Gasteiger partial charge in [-0.2, -0.15) is 0 Å². The largest absolute Gasteiger partial charge is 0.349 e. The fourth-order valence-electron chi connectivity index (χ4n) is 1.13. The van der Waals surface area contributed by atoms with Crippen LogP contribution in [0, 0.1) is 0 Å². The molecule has 1 amide bonds. The Morgan fingerprint density at radius 1 is 1.33 bits per heavy atom. The van der Waals surface area contributed by atoms with Crippen molar-refractivity contribution in [2.45, 2.75) is 39.2 Å². The van der Waals surface area contributed by atoms with Gasteiger partial charge in [-0.05, 0) is 7.05 Å². The number of carbonyl (C=O) groups is 1. The molecule has 0 aliphatic rings. The van der Waals surface area contributed by atoms with E-state index in [0.717, 1.165) is 10.0 Å². The minimum absolute atomic E-state index is 0. The van der Waals surface area contributed by atoms with Crippen LogP contribution in [0.2, 0.25) is 0 Å². The molecule has 0 radical (unpaired) electrons. The third kappa shape index (κ3) is 5.75. The van der Waals surface area contributed by atoms with Crippen molar-refractivity contribution in [2.75, 3.05) is 13.6 Å². The van der Waals surface area contributed by atoms with E-state index in [1.165, 1.54) is 0 Å². The average Bonchev–Trinajstić information content (AvgIpc) is 2.71. The zero-order valence-electron chi connectivity index (χ0n) is 11.2. The van der Waals surface area contributed by atoms with Gasteiger partial charge in [0.2, 0.25) is 5.91 Å². The quantitative estimate of drug-likeness (QED) is 0.863. The van der Waals surface area contributed by atoms with Crippen LogP contribution in [0.4, 0.5) is 0 Å². The molecule has 1 aromatic heterocycles. The topological polar surface area (TPSA) is 66.9 Å². The SMILES string of the molecule is CNCCC(=O)NCc1nnc(C(C)(C)C)s1.Cl. The number of hydrogen-bond acceptors (Lipinski definition) is 5. The fourth-order valence-corrected chi connectivity index (χ4v) is 1.97. The van der Waals surface area contributed by atoms with Crippen LogP contribution >= 0.6 is 23.7 Å². The van der Waals surface area contributed by atoms with E-state index in [0.29, 0.717) is 19.5 Å². The van der Waals surface area contributed by atoms with E-state index in [1.807, 2.05) is 7.05 Å². The van der Waals surface area contributed by atoms with E-state index in [4.69, 9.17) is 0 Å². The van der Waals surface area contributed by atoms with E-state index >= 15 is 0 Å². The Hall–Kier alpha value is -0.720. The summed E-state index contributed by atoms with van der Waals surface area (Å²) >= 11 is 1.55. The van der Waals surface area contributed by atoms with Crippen LogP contribution in [0.25, 0.3) is 0 Å². The lowest BCUT2D eigenvalue weighted by Gasteiger charge is -2.12. The molecule has 0 aromatic carbocycles. The first-order valence-electron chi connectivity index (χ1n) is 5.67. The van der Waals surface area contributed by atoms with E-state index < -0.39 is 0 Å². The van der Waals surface area contributed by atoms with Gasteiger partial charge in [0.25, 0.3) is 0 Å². The van der Waals surface area contributed by atoms with Crippen molar-refractivity contribution in [1.82, 2.24) is 20.8 Å². The highest BCUT2D eigenvalue weighted by Crippen LogP contribution is 2.25. The van der Waals surface area contributed by atoms with Gasteiger partial charge in [0.15, 0.2) is 0 Å². The highest BCUT2D eigenvalue weighted by Gasteiger charge is 2.19. The van der Waals surface area contributed by atoms with Gasteiger partial charge >= 0.3 is 0 Å². The zero-order valence-corrected chi connectivity index (χ0v) is 12.9. The second-order valence-corrected chi connectivity index (χ2v) is 5.94. The Kier molecular flexibility index (Phi) is 7.35. The van der Waals surface area contributed by atoms with Crippen molar-refractivity contribution >= 4 is 29.7 Å². The van der Waals surface area contributed by atoms with Gasteiger partial charge in [0.05, 0.1) is 6.54 Å². The summed E-state index contributed by atoms with van der Waals surface area (Å²) in [4.78, 5) is 11.4. The monoisotopic (exact) mass is 292 g/mol. The van der Waals surface area contributed by atoms with Gasteiger partial charge in [-0.15, -0.1) is 22.6 Å². The smallest absolute Gasteiger partial charge is 0.221 e. The first kappa shape index (κ1) is 17.3. The number of rotatable bonds is 5. The van der Waals surface area contributed by atoms with Crippen molar-refractivity contribution in [1.29, 1.82) is 0 Å². The van der Waals surface area contributed by atoms with Crippen molar-refractivity contribution in [3.63, 3.8) is 0 Å². The summed E-state index contributed by atoms with van der Waals surface area (Å²) < 4.78 is 0. The van der Waals surface area contributed by atoms with E-state index in [-0.39, 0.29) is 23.7 Å². The molecule has 0 saturated heterocycles. The molecule has 1 heterocycles. The number of nitrogens with one attached hydrogen (secondary N) is 2. The van der Waals surface area contributed by atoms with Crippen molar-refractivity contribution in [2.24, 2.45) is 0 Å². The summed E-state index contributed by atoms with van der Waals surface area (Å²) in [7, 11) is 1.83. The lowest BCUT2D eigenvalue weighted by molar-refractivity contribution is -0.121. The van der Waals surface area contributed by atoms with Crippen LogP contribution in [0.15, 0.2) is 0 Å². The predicted molar refractivity (Wildman–Crippen MR) is 76.2 cm³/mol. The van der Waals surface area contributed by atoms with E-state index in [1.54, 1.807) is 11.3 Å². The molecular formula is C11H21ClN4OS. The minimum Gasteiger partial charge on any atom is -0.349 e. The summed E-state index contributed by atoms with van der Waals surface area (Å²) in [5, 5.41) is 15.8. The predicted octanol–water partition coefficient (Wildman–Crippen LogP) is 1.48. The number of carbonyl (C=O) groups excluding carboxylic acids is 1. The second kappa shape index (κ2) is 7.66. The summed E-state index contributed by atoms with van der Waals surface area (Å²) in [6.07, 6.45) is 0.488. The Bertz CT molecular complexity index is 375. The third-order valence-corrected chi connectivity index (χ3v) is 3.50. The third-order valence-electron chi connectivity index (χ3n) is 2.15. The van der Waals surface area contributed by atoms with Gasteiger partial charge < -0.3 is 10.6 Å². The van der Waals surface area contributed by atoms with Gasteiger partial charge in [0.1, 0.15) is 10.0 Å². The Balaban J connectivity index is 0.00000289. The minimum atomic E-state index is 0. The molecule has 0 fully saturated rings. The average molecular weight is 293 g/mol. The number of nitrogens with zero attached hydrogens (tertiary/aromatic N) is 2. The number of halogens is 1. The Labute approximate surface area is 118 Å². The molecule has 1 aromatic rings. The van der Waals surface area contributed by atoms with Crippen LogP contribution in [-0.4, -0.2) is 29.7 Å². The maximum Gasteiger partial charge on any atom is 0.221 e. The van der Waals surface area contributed by atoms with Crippen molar-refractivity contribution < 1.29 is 4.79 Å². The molecule has 0 aliphatic carbocycles. The molecular weight excluding hydrogens is 272 g/mol.